The molecule has 144 valence electrons. The zero-order valence-electron chi connectivity index (χ0n) is 17.0. The molecule has 1 heterocycles. The van der Waals surface area contributed by atoms with E-state index in [2.05, 4.69) is 38.8 Å². The lowest BCUT2D eigenvalue weighted by atomic mass is 9.87. The maximum Gasteiger partial charge on any atom is 0.203 e. The zero-order chi connectivity index (χ0) is 19.5. The monoisotopic (exact) mass is 378 g/mol. The number of benzene rings is 1. The molecule has 0 fully saturated rings. The molecule has 0 bridgehead atoms. The number of hydrogen-bond donors (Lipinski definition) is 0. The number of hydrogen-bond acceptors (Lipinski definition) is 5. The Kier molecular flexibility index (Phi) is 6.36. The molecule has 0 amide bonds. The maximum absolute atomic E-state index is 6.27. The van der Waals surface area contributed by atoms with Crippen molar-refractivity contribution >= 4 is 9.04 Å². The summed E-state index contributed by atoms with van der Waals surface area (Å²) < 4.78 is 24.5. The van der Waals surface area contributed by atoms with Crippen molar-refractivity contribution in [2.75, 3.05) is 21.3 Å². The van der Waals surface area contributed by atoms with Crippen molar-refractivity contribution < 1.29 is 18.6 Å². The Hall–Kier alpha value is -1.99. The van der Waals surface area contributed by atoms with E-state index < -0.39 is 9.04 Å². The fraction of sp³-hybridized carbons (Fsp3) is 0.526. The molecule has 7 heteroatoms. The van der Waals surface area contributed by atoms with Crippen molar-refractivity contribution in [3.8, 4) is 22.9 Å². The largest absolute Gasteiger partial charge is 0.493 e. The number of imidazole rings is 1. The summed E-state index contributed by atoms with van der Waals surface area (Å²) in [5, 5.41) is 0. The fourth-order valence-electron chi connectivity index (χ4n) is 2.82. The van der Waals surface area contributed by atoms with Gasteiger partial charge in [0.15, 0.2) is 20.5 Å². The molecule has 2 rings (SSSR count). The number of methoxy groups -OCH3 is 3. The smallest absolute Gasteiger partial charge is 0.203 e. The van der Waals surface area contributed by atoms with Crippen LogP contribution in [0.3, 0.4) is 0 Å². The highest BCUT2D eigenvalue weighted by atomic mass is 28.3. The summed E-state index contributed by atoms with van der Waals surface area (Å²) in [7, 11) is 3.60. The first-order chi connectivity index (χ1) is 12.2. The molecular formula is C19H30N2O4Si. The van der Waals surface area contributed by atoms with Crippen LogP contribution in [0.4, 0.5) is 0 Å². The van der Waals surface area contributed by atoms with Gasteiger partial charge >= 0.3 is 0 Å². The Labute approximate surface area is 157 Å². The van der Waals surface area contributed by atoms with Crippen LogP contribution in [0, 0.1) is 5.41 Å². The standard InChI is InChI=1S/C19H30N2O4Si/c1-19(2,3)18(25-26(7)8)14-11-21(12-20-14)13-9-15(22-4)17(24-6)16(10-13)23-5/h9-12,18,26H,1-8H3. The van der Waals surface area contributed by atoms with Crippen LogP contribution >= 0.6 is 0 Å². The average Bonchev–Trinajstić information content (AvgIpc) is 3.06. The highest BCUT2D eigenvalue weighted by molar-refractivity contribution is 6.48. The van der Waals surface area contributed by atoms with Gasteiger partial charge in [-0.2, -0.15) is 0 Å². The third-order valence-corrected chi connectivity index (χ3v) is 4.83. The van der Waals surface area contributed by atoms with Crippen molar-refractivity contribution in [1.82, 2.24) is 9.55 Å². The third kappa shape index (κ3) is 4.39. The predicted octanol–water partition coefficient (Wildman–Crippen LogP) is 3.99. The minimum Gasteiger partial charge on any atom is -0.493 e. The third-order valence-electron chi connectivity index (χ3n) is 4.01. The Balaban J connectivity index is 2.46. The van der Waals surface area contributed by atoms with Crippen molar-refractivity contribution in [3.05, 3.63) is 30.4 Å². The van der Waals surface area contributed by atoms with Gasteiger partial charge in [-0.05, 0) is 18.5 Å². The van der Waals surface area contributed by atoms with Crippen LogP contribution in [-0.2, 0) is 4.43 Å². The number of ether oxygens (including phenoxy) is 3. The van der Waals surface area contributed by atoms with Gasteiger partial charge in [-0.1, -0.05) is 20.8 Å². The van der Waals surface area contributed by atoms with E-state index in [0.29, 0.717) is 17.2 Å². The Morgan fingerprint density at radius 3 is 2.00 bits per heavy atom. The topological polar surface area (TPSA) is 54.7 Å². The SMILES string of the molecule is COc1cc(-n2cnc(C(O[SiH](C)C)C(C)(C)C)c2)cc(OC)c1OC. The van der Waals surface area contributed by atoms with E-state index in [0.717, 1.165) is 11.4 Å². The molecule has 0 radical (unpaired) electrons. The van der Waals surface area contributed by atoms with Crippen LogP contribution in [0.1, 0.15) is 32.6 Å². The molecule has 1 atom stereocenters. The summed E-state index contributed by atoms with van der Waals surface area (Å²) in [5.41, 5.74) is 1.77. The molecule has 0 aliphatic carbocycles. The quantitative estimate of drug-likeness (QED) is 0.682. The van der Waals surface area contributed by atoms with Gasteiger partial charge in [0.2, 0.25) is 5.75 Å². The molecule has 0 aliphatic rings. The second kappa shape index (κ2) is 8.14. The van der Waals surface area contributed by atoms with Gasteiger partial charge < -0.3 is 23.2 Å². The van der Waals surface area contributed by atoms with E-state index in [1.54, 1.807) is 27.7 Å². The Morgan fingerprint density at radius 2 is 1.58 bits per heavy atom. The summed E-state index contributed by atoms with van der Waals surface area (Å²) in [6.07, 6.45) is 3.75. The van der Waals surface area contributed by atoms with Crippen LogP contribution in [0.5, 0.6) is 17.2 Å². The van der Waals surface area contributed by atoms with Gasteiger partial charge in [-0.25, -0.2) is 4.98 Å². The van der Waals surface area contributed by atoms with Crippen molar-refractivity contribution in [1.29, 1.82) is 0 Å². The second-order valence-corrected chi connectivity index (χ2v) is 9.89. The highest BCUT2D eigenvalue weighted by Crippen LogP contribution is 2.40. The van der Waals surface area contributed by atoms with E-state index in [-0.39, 0.29) is 11.5 Å². The first-order valence-electron chi connectivity index (χ1n) is 8.71. The average molecular weight is 379 g/mol. The fourth-order valence-corrected chi connectivity index (χ4v) is 3.91. The molecule has 0 saturated carbocycles. The van der Waals surface area contributed by atoms with Crippen LogP contribution in [0.25, 0.3) is 5.69 Å². The van der Waals surface area contributed by atoms with Gasteiger partial charge in [0, 0.05) is 18.3 Å². The summed E-state index contributed by atoms with van der Waals surface area (Å²) in [6.45, 7) is 10.9. The van der Waals surface area contributed by atoms with E-state index >= 15 is 0 Å². The van der Waals surface area contributed by atoms with Gasteiger partial charge in [0.25, 0.3) is 0 Å². The molecule has 6 nitrogen and oxygen atoms in total. The van der Waals surface area contributed by atoms with E-state index in [1.807, 2.05) is 22.9 Å². The summed E-state index contributed by atoms with van der Waals surface area (Å²) in [5.74, 6) is 1.78. The summed E-state index contributed by atoms with van der Waals surface area (Å²) in [6, 6.07) is 3.80. The van der Waals surface area contributed by atoms with Crippen molar-refractivity contribution in [2.24, 2.45) is 5.41 Å². The van der Waals surface area contributed by atoms with Gasteiger partial charge in [0.1, 0.15) is 0 Å². The molecule has 1 aromatic heterocycles. The minimum absolute atomic E-state index is 0.0360. The lowest BCUT2D eigenvalue weighted by Gasteiger charge is -2.31. The van der Waals surface area contributed by atoms with Crippen LogP contribution in [0.2, 0.25) is 13.1 Å². The van der Waals surface area contributed by atoms with Crippen LogP contribution < -0.4 is 14.2 Å². The molecule has 1 aromatic carbocycles. The maximum atomic E-state index is 6.27. The molecular weight excluding hydrogens is 348 g/mol. The number of rotatable bonds is 7. The first-order valence-corrected chi connectivity index (χ1v) is 11.5. The van der Waals surface area contributed by atoms with Crippen molar-refractivity contribution in [3.63, 3.8) is 0 Å². The molecule has 1 unspecified atom stereocenters. The second-order valence-electron chi connectivity index (χ2n) is 7.52. The molecule has 0 saturated heterocycles. The van der Waals surface area contributed by atoms with Gasteiger partial charge in [0.05, 0.1) is 45.1 Å². The zero-order valence-corrected chi connectivity index (χ0v) is 18.1. The summed E-state index contributed by atoms with van der Waals surface area (Å²) >= 11 is 0. The number of nitrogens with zero attached hydrogens (tertiary/aromatic N) is 2. The van der Waals surface area contributed by atoms with Gasteiger partial charge in [-0.15, -0.1) is 0 Å². The molecule has 0 aliphatic heterocycles. The molecule has 26 heavy (non-hydrogen) atoms. The lowest BCUT2D eigenvalue weighted by molar-refractivity contribution is 0.0830. The van der Waals surface area contributed by atoms with Crippen LogP contribution in [-0.4, -0.2) is 39.9 Å². The van der Waals surface area contributed by atoms with E-state index in [9.17, 15) is 0 Å². The minimum atomic E-state index is -1.21. The highest BCUT2D eigenvalue weighted by Gasteiger charge is 2.30. The molecule has 2 aromatic rings. The van der Waals surface area contributed by atoms with Gasteiger partial charge in [-0.3, -0.25) is 0 Å². The molecule has 0 N–H and O–H groups in total. The molecule has 0 spiro atoms. The van der Waals surface area contributed by atoms with Crippen LogP contribution in [0.15, 0.2) is 24.7 Å². The summed E-state index contributed by atoms with van der Waals surface area (Å²) in [4.78, 5) is 4.61. The normalized spacial score (nSPS) is 13.0. The Morgan fingerprint density at radius 1 is 1.00 bits per heavy atom. The van der Waals surface area contributed by atoms with E-state index in [1.165, 1.54) is 0 Å². The predicted molar refractivity (Wildman–Crippen MR) is 105 cm³/mol. The Bertz CT molecular complexity index is 712. The lowest BCUT2D eigenvalue weighted by Crippen LogP contribution is -2.26. The number of aromatic nitrogens is 2. The first kappa shape index (κ1) is 20.3. The van der Waals surface area contributed by atoms with E-state index in [4.69, 9.17) is 18.6 Å². The van der Waals surface area contributed by atoms with Crippen molar-refractivity contribution in [2.45, 2.75) is 40.0 Å².